The maximum Gasteiger partial charge on any atom is 0.143 e. The minimum absolute atomic E-state index is 0.915. The molecule has 2 heteroatoms. The van der Waals surface area contributed by atoms with Crippen LogP contribution in [0.2, 0.25) is 0 Å². The molecular weight excluding hydrogens is 715 g/mol. The van der Waals surface area contributed by atoms with Crippen LogP contribution < -0.4 is 4.90 Å². The Labute approximate surface area is 348 Å². The highest BCUT2D eigenvalue weighted by molar-refractivity contribution is 6.09. The lowest BCUT2D eigenvalue weighted by Crippen LogP contribution is -2.10. The molecule has 0 radical (unpaired) electrons. The Balaban J connectivity index is 1.06. The Morgan fingerprint density at radius 3 is 1.58 bits per heavy atom. The summed E-state index contributed by atoms with van der Waals surface area (Å²) < 4.78 is 6.44. The van der Waals surface area contributed by atoms with Crippen molar-refractivity contribution in [2.24, 2.45) is 0 Å². The van der Waals surface area contributed by atoms with Gasteiger partial charge in [-0.05, 0) is 150 Å². The Hall–Kier alpha value is -6.64. The standard InChI is InChI=1S/C57H49NO/c1-40-16-5-2-10-21-49(43-19-8-4-9-20-43)51-22-11-12-24-53(51)56(40)45-32-38-48(39-33-45)58(46-34-28-42(29-35-46)41-17-6-3-7-18-41)47-36-30-44(31-37-47)50-25-15-26-54-52-23-13-14-27-55(52)59-57(50)54/h3-4,6-9,13-15,17-20,23,25-39H,1-2,5,10-12,16,21-22,24H2/b51-49+,56-53+. The number of nitrogens with zero attached hydrogens (tertiary/aromatic N) is 1. The number of anilines is 3. The van der Waals surface area contributed by atoms with Crippen molar-refractivity contribution in [2.75, 3.05) is 4.90 Å². The lowest BCUT2D eigenvalue weighted by Gasteiger charge is -2.29. The molecule has 0 N–H and O–H groups in total. The van der Waals surface area contributed by atoms with E-state index in [0.717, 1.165) is 75.8 Å². The molecule has 10 rings (SSSR count). The molecular formula is C57H49NO. The summed E-state index contributed by atoms with van der Waals surface area (Å²) in [6, 6.07) is 63.8. The lowest BCUT2D eigenvalue weighted by molar-refractivity contribution is 0.662. The van der Waals surface area contributed by atoms with Crippen LogP contribution in [0.15, 0.2) is 204 Å². The zero-order valence-electron chi connectivity index (χ0n) is 33.7. The molecule has 1 heterocycles. The lowest BCUT2D eigenvalue weighted by atomic mass is 9.76. The molecule has 2 aliphatic rings. The Bertz CT molecular complexity index is 2820. The van der Waals surface area contributed by atoms with Gasteiger partial charge in [0.15, 0.2) is 0 Å². The molecule has 7 aromatic carbocycles. The van der Waals surface area contributed by atoms with E-state index < -0.39 is 0 Å². The van der Waals surface area contributed by atoms with Gasteiger partial charge in [-0.3, -0.25) is 0 Å². The van der Waals surface area contributed by atoms with Crippen LogP contribution in [-0.4, -0.2) is 0 Å². The first kappa shape index (κ1) is 36.7. The van der Waals surface area contributed by atoms with Crippen LogP contribution in [0.3, 0.4) is 0 Å². The zero-order chi connectivity index (χ0) is 39.5. The zero-order valence-corrected chi connectivity index (χ0v) is 33.7. The number of fused-ring (bicyclic) bond motifs is 4. The summed E-state index contributed by atoms with van der Waals surface area (Å²) in [6.07, 6.45) is 10.6. The molecule has 59 heavy (non-hydrogen) atoms. The first-order valence-corrected chi connectivity index (χ1v) is 21.5. The molecule has 0 unspecified atom stereocenters. The number of allylic oxidation sites excluding steroid dienone is 5. The molecule has 1 aromatic heterocycles. The summed E-state index contributed by atoms with van der Waals surface area (Å²) in [5.74, 6) is 0. The van der Waals surface area contributed by atoms with Gasteiger partial charge in [0, 0.05) is 33.4 Å². The fraction of sp³-hybridized carbons (Fsp3) is 0.158. The first-order valence-electron chi connectivity index (χ1n) is 21.5. The number of furan rings is 1. The molecule has 0 atom stereocenters. The van der Waals surface area contributed by atoms with E-state index in [1.807, 2.05) is 12.1 Å². The fourth-order valence-corrected chi connectivity index (χ4v) is 9.58. The largest absolute Gasteiger partial charge is 0.455 e. The molecule has 0 amide bonds. The van der Waals surface area contributed by atoms with Crippen molar-refractivity contribution in [3.05, 3.63) is 210 Å². The van der Waals surface area contributed by atoms with Gasteiger partial charge in [-0.25, -0.2) is 0 Å². The molecule has 0 bridgehead atoms. The van der Waals surface area contributed by atoms with Gasteiger partial charge >= 0.3 is 0 Å². The normalized spacial score (nSPS) is 17.5. The van der Waals surface area contributed by atoms with Crippen molar-refractivity contribution in [2.45, 2.75) is 57.8 Å². The van der Waals surface area contributed by atoms with Crippen molar-refractivity contribution < 1.29 is 4.42 Å². The van der Waals surface area contributed by atoms with Crippen molar-refractivity contribution in [3.8, 4) is 22.3 Å². The summed E-state index contributed by atoms with van der Waals surface area (Å²) in [4.78, 5) is 2.38. The summed E-state index contributed by atoms with van der Waals surface area (Å²) in [6.45, 7) is 4.79. The highest BCUT2D eigenvalue weighted by Crippen LogP contribution is 2.45. The minimum Gasteiger partial charge on any atom is -0.455 e. The molecule has 0 spiro atoms. The first-order chi connectivity index (χ1) is 29.2. The average molecular weight is 764 g/mol. The third-order valence-corrected chi connectivity index (χ3v) is 12.5. The Morgan fingerprint density at radius 1 is 0.373 bits per heavy atom. The van der Waals surface area contributed by atoms with Gasteiger partial charge in [-0.1, -0.05) is 146 Å². The molecule has 0 aliphatic heterocycles. The smallest absolute Gasteiger partial charge is 0.143 e. The second kappa shape index (κ2) is 16.3. The Kier molecular flexibility index (Phi) is 10.1. The highest BCUT2D eigenvalue weighted by atomic mass is 16.3. The number of para-hydroxylation sites is 2. The number of rotatable bonds is 7. The van der Waals surface area contributed by atoms with E-state index in [9.17, 15) is 0 Å². The molecule has 2 aliphatic carbocycles. The van der Waals surface area contributed by atoms with Crippen LogP contribution in [-0.2, 0) is 0 Å². The van der Waals surface area contributed by atoms with Crippen molar-refractivity contribution >= 4 is 50.1 Å². The number of hydrogen-bond donors (Lipinski definition) is 0. The Morgan fingerprint density at radius 2 is 0.881 bits per heavy atom. The fourth-order valence-electron chi connectivity index (χ4n) is 9.58. The van der Waals surface area contributed by atoms with Crippen LogP contribution >= 0.6 is 0 Å². The van der Waals surface area contributed by atoms with Crippen LogP contribution in [0.4, 0.5) is 17.1 Å². The maximum absolute atomic E-state index is 6.44. The number of benzene rings is 7. The van der Waals surface area contributed by atoms with Crippen molar-refractivity contribution in [3.63, 3.8) is 0 Å². The summed E-state index contributed by atoms with van der Waals surface area (Å²) in [5.41, 5.74) is 19.8. The van der Waals surface area contributed by atoms with E-state index in [1.165, 1.54) is 71.1 Å². The summed E-state index contributed by atoms with van der Waals surface area (Å²) >= 11 is 0. The molecule has 8 aromatic rings. The van der Waals surface area contributed by atoms with Gasteiger partial charge in [0.25, 0.3) is 0 Å². The third kappa shape index (κ3) is 7.25. The molecule has 2 nitrogen and oxygen atoms in total. The van der Waals surface area contributed by atoms with Gasteiger partial charge in [0.2, 0.25) is 0 Å². The van der Waals surface area contributed by atoms with E-state index >= 15 is 0 Å². The predicted molar refractivity (Wildman–Crippen MR) is 250 cm³/mol. The maximum atomic E-state index is 6.44. The van der Waals surface area contributed by atoms with E-state index in [-0.39, 0.29) is 0 Å². The average Bonchev–Trinajstić information content (AvgIpc) is 3.69. The van der Waals surface area contributed by atoms with E-state index in [0.29, 0.717) is 0 Å². The van der Waals surface area contributed by atoms with Gasteiger partial charge in [-0.15, -0.1) is 0 Å². The molecule has 1 fully saturated rings. The van der Waals surface area contributed by atoms with Crippen molar-refractivity contribution in [1.29, 1.82) is 0 Å². The second-order valence-electron chi connectivity index (χ2n) is 16.2. The summed E-state index contributed by atoms with van der Waals surface area (Å²) in [5, 5.41) is 2.29. The molecule has 1 saturated carbocycles. The van der Waals surface area contributed by atoms with Gasteiger partial charge in [-0.2, -0.15) is 0 Å². The van der Waals surface area contributed by atoms with Gasteiger partial charge < -0.3 is 9.32 Å². The van der Waals surface area contributed by atoms with E-state index in [4.69, 9.17) is 11.0 Å². The van der Waals surface area contributed by atoms with Crippen LogP contribution in [0.25, 0.3) is 55.3 Å². The number of hydrogen-bond acceptors (Lipinski definition) is 2. The highest BCUT2D eigenvalue weighted by Gasteiger charge is 2.24. The second-order valence-corrected chi connectivity index (χ2v) is 16.2. The monoisotopic (exact) mass is 763 g/mol. The van der Waals surface area contributed by atoms with Crippen LogP contribution in [0.1, 0.15) is 68.9 Å². The summed E-state index contributed by atoms with van der Waals surface area (Å²) in [7, 11) is 0. The third-order valence-electron chi connectivity index (χ3n) is 12.5. The minimum atomic E-state index is 0.915. The molecule has 0 saturated heterocycles. The van der Waals surface area contributed by atoms with E-state index in [2.05, 4.69) is 169 Å². The predicted octanol–water partition coefficient (Wildman–Crippen LogP) is 16.7. The molecule has 288 valence electrons. The van der Waals surface area contributed by atoms with Crippen molar-refractivity contribution in [1.82, 2.24) is 0 Å². The van der Waals surface area contributed by atoms with Crippen LogP contribution in [0, 0.1) is 0 Å². The van der Waals surface area contributed by atoms with E-state index in [1.54, 1.807) is 11.1 Å². The topological polar surface area (TPSA) is 16.4 Å². The van der Waals surface area contributed by atoms with Gasteiger partial charge in [0.1, 0.15) is 11.2 Å². The van der Waals surface area contributed by atoms with Crippen LogP contribution in [0.5, 0.6) is 0 Å². The quantitative estimate of drug-likeness (QED) is 0.161. The SMILES string of the molecule is C=C1CCCCC/C(c2ccccc2)=C2/CCCC/C2=C/1c1ccc(N(c2ccc(-c3ccccc3)cc2)c2ccc(-c3cccc4c3oc3ccccc34)cc2)cc1. The van der Waals surface area contributed by atoms with Gasteiger partial charge in [0.05, 0.1) is 0 Å².